The van der Waals surface area contributed by atoms with Gasteiger partial charge in [-0.15, -0.1) is 0 Å². The molecule has 0 aliphatic carbocycles. The summed E-state index contributed by atoms with van der Waals surface area (Å²) in [7, 11) is -4.43. The second-order valence-corrected chi connectivity index (χ2v) is 2.03. The van der Waals surface area contributed by atoms with Gasteiger partial charge in [-0.25, -0.2) is 8.57 Å². The molecule has 0 radical (unpaired) electrons. The zero-order valence-corrected chi connectivity index (χ0v) is 4.69. The SMILES string of the molecule is O=S(=O)(O)OCCF. The molecule has 4 nitrogen and oxygen atoms in total. The van der Waals surface area contributed by atoms with E-state index < -0.39 is 23.7 Å². The van der Waals surface area contributed by atoms with E-state index in [9.17, 15) is 12.8 Å². The smallest absolute Gasteiger partial charge is 0.264 e. The fourth-order valence-corrected chi connectivity index (χ4v) is 0.410. The number of hydrogen-bond acceptors (Lipinski definition) is 3. The van der Waals surface area contributed by atoms with E-state index in [4.69, 9.17) is 4.55 Å². The molecule has 8 heavy (non-hydrogen) atoms. The lowest BCUT2D eigenvalue weighted by Gasteiger charge is -1.91. The summed E-state index contributed by atoms with van der Waals surface area (Å²) in [6.45, 7) is -1.56. The summed E-state index contributed by atoms with van der Waals surface area (Å²) in [5.41, 5.74) is 0. The molecule has 0 saturated carbocycles. The van der Waals surface area contributed by atoms with Crippen molar-refractivity contribution >= 4 is 10.4 Å². The van der Waals surface area contributed by atoms with Crippen LogP contribution in [0.5, 0.6) is 0 Å². The lowest BCUT2D eigenvalue weighted by molar-refractivity contribution is 0.242. The predicted molar refractivity (Wildman–Crippen MR) is 23.5 cm³/mol. The Morgan fingerprint density at radius 2 is 2.12 bits per heavy atom. The first-order chi connectivity index (χ1) is 3.56. The van der Waals surface area contributed by atoms with E-state index in [1.165, 1.54) is 0 Å². The van der Waals surface area contributed by atoms with Gasteiger partial charge in [-0.2, -0.15) is 8.42 Å². The van der Waals surface area contributed by atoms with Gasteiger partial charge < -0.3 is 0 Å². The summed E-state index contributed by atoms with van der Waals surface area (Å²) >= 11 is 0. The maximum Gasteiger partial charge on any atom is 0.397 e. The van der Waals surface area contributed by atoms with Crippen LogP contribution in [0.3, 0.4) is 0 Å². The molecule has 0 aromatic carbocycles. The van der Waals surface area contributed by atoms with Crippen molar-refractivity contribution in [3.05, 3.63) is 0 Å². The fourth-order valence-electron chi connectivity index (χ4n) is 0.137. The van der Waals surface area contributed by atoms with Gasteiger partial charge in [-0.3, -0.25) is 4.55 Å². The first-order valence-corrected chi connectivity index (χ1v) is 3.10. The van der Waals surface area contributed by atoms with Gasteiger partial charge in [0.1, 0.15) is 6.67 Å². The monoisotopic (exact) mass is 144 g/mol. The molecule has 0 spiro atoms. The van der Waals surface area contributed by atoms with Crippen molar-refractivity contribution in [1.82, 2.24) is 0 Å². The third kappa shape index (κ3) is 5.80. The summed E-state index contributed by atoms with van der Waals surface area (Å²) in [6.07, 6.45) is 0. The normalized spacial score (nSPS) is 11.8. The van der Waals surface area contributed by atoms with Crippen LogP contribution >= 0.6 is 0 Å². The quantitative estimate of drug-likeness (QED) is 0.556. The molecule has 0 amide bonds. The minimum absolute atomic E-state index is 0.626. The molecule has 0 rings (SSSR count). The molecule has 50 valence electrons. The molecule has 0 bridgehead atoms. The Hall–Kier alpha value is -0.200. The van der Waals surface area contributed by atoms with E-state index in [2.05, 4.69) is 4.18 Å². The van der Waals surface area contributed by atoms with Crippen molar-refractivity contribution in [2.45, 2.75) is 0 Å². The van der Waals surface area contributed by atoms with Crippen LogP contribution in [-0.2, 0) is 14.6 Å². The number of hydrogen-bond donors (Lipinski definition) is 1. The molecular formula is C2H5FO4S. The van der Waals surface area contributed by atoms with Crippen LogP contribution in [0.15, 0.2) is 0 Å². The summed E-state index contributed by atoms with van der Waals surface area (Å²) in [4.78, 5) is 0. The highest BCUT2D eigenvalue weighted by Crippen LogP contribution is 1.83. The first-order valence-electron chi connectivity index (χ1n) is 1.74. The molecule has 0 heterocycles. The summed E-state index contributed by atoms with van der Waals surface area (Å²) in [5.74, 6) is 0. The van der Waals surface area contributed by atoms with Gasteiger partial charge in [0.25, 0.3) is 0 Å². The predicted octanol–water partition coefficient (Wildman–Crippen LogP) is -0.225. The van der Waals surface area contributed by atoms with Gasteiger partial charge in [0.2, 0.25) is 0 Å². The standard InChI is InChI=1S/C2H5FO4S/c3-1-2-7-8(4,5)6/h1-2H2,(H,4,5,6). The minimum Gasteiger partial charge on any atom is -0.264 e. The molecule has 0 aliphatic heterocycles. The van der Waals surface area contributed by atoms with Crippen molar-refractivity contribution in [3.63, 3.8) is 0 Å². The van der Waals surface area contributed by atoms with E-state index in [0.29, 0.717) is 0 Å². The Kier molecular flexibility index (Phi) is 2.88. The third-order valence-corrected chi connectivity index (χ3v) is 0.774. The van der Waals surface area contributed by atoms with Crippen LogP contribution in [0.2, 0.25) is 0 Å². The maximum absolute atomic E-state index is 11.0. The average molecular weight is 144 g/mol. The highest BCUT2D eigenvalue weighted by Gasteiger charge is 2.01. The van der Waals surface area contributed by atoms with Crippen molar-refractivity contribution in [2.75, 3.05) is 13.3 Å². The molecule has 0 aromatic heterocycles. The number of rotatable bonds is 3. The van der Waals surface area contributed by atoms with E-state index in [1.54, 1.807) is 0 Å². The van der Waals surface area contributed by atoms with E-state index >= 15 is 0 Å². The molecule has 0 atom stereocenters. The van der Waals surface area contributed by atoms with Crippen molar-refractivity contribution in [2.24, 2.45) is 0 Å². The molecule has 0 aromatic rings. The number of halogens is 1. The van der Waals surface area contributed by atoms with Crippen LogP contribution in [0.4, 0.5) is 4.39 Å². The Bertz CT molecular complexity index is 138. The topological polar surface area (TPSA) is 63.6 Å². The molecule has 0 fully saturated rings. The van der Waals surface area contributed by atoms with Gasteiger partial charge in [0, 0.05) is 0 Å². The van der Waals surface area contributed by atoms with Crippen molar-refractivity contribution in [1.29, 1.82) is 0 Å². The first kappa shape index (κ1) is 7.80. The molecule has 0 unspecified atom stereocenters. The van der Waals surface area contributed by atoms with Gasteiger partial charge in [-0.05, 0) is 0 Å². The molecule has 0 aliphatic rings. The van der Waals surface area contributed by atoms with Crippen molar-refractivity contribution < 1.29 is 21.5 Å². The maximum atomic E-state index is 11.0. The van der Waals surface area contributed by atoms with E-state index in [0.717, 1.165) is 0 Å². The third-order valence-electron chi connectivity index (χ3n) is 0.309. The molecule has 6 heteroatoms. The Morgan fingerprint density at radius 1 is 1.62 bits per heavy atom. The van der Waals surface area contributed by atoms with Crippen molar-refractivity contribution in [3.8, 4) is 0 Å². The van der Waals surface area contributed by atoms with Gasteiger partial charge in [0.05, 0.1) is 6.61 Å². The second-order valence-electron chi connectivity index (χ2n) is 0.939. The molecule has 1 N–H and O–H groups in total. The van der Waals surface area contributed by atoms with Gasteiger partial charge >= 0.3 is 10.4 Å². The largest absolute Gasteiger partial charge is 0.397 e. The van der Waals surface area contributed by atoms with E-state index in [-0.39, 0.29) is 0 Å². The fraction of sp³-hybridized carbons (Fsp3) is 1.00. The zero-order valence-electron chi connectivity index (χ0n) is 3.87. The van der Waals surface area contributed by atoms with Crippen LogP contribution in [0, 0.1) is 0 Å². The molecule has 0 saturated heterocycles. The van der Waals surface area contributed by atoms with E-state index in [1.807, 2.05) is 0 Å². The lowest BCUT2D eigenvalue weighted by atomic mass is 10.9. The summed E-state index contributed by atoms with van der Waals surface area (Å²) in [5, 5.41) is 0. The Labute approximate surface area is 46.2 Å². The highest BCUT2D eigenvalue weighted by atomic mass is 32.3. The Balaban J connectivity index is 3.42. The van der Waals surface area contributed by atoms with Crippen LogP contribution in [0.25, 0.3) is 0 Å². The minimum atomic E-state index is -4.43. The lowest BCUT2D eigenvalue weighted by Crippen LogP contribution is -2.05. The number of alkyl halides is 1. The zero-order chi connectivity index (χ0) is 6.62. The Morgan fingerprint density at radius 3 is 2.25 bits per heavy atom. The highest BCUT2D eigenvalue weighted by molar-refractivity contribution is 7.80. The molecular weight excluding hydrogens is 139 g/mol. The average Bonchev–Trinajstić information content (AvgIpc) is 1.59. The van der Waals surface area contributed by atoms with Crippen LogP contribution in [-0.4, -0.2) is 26.3 Å². The second kappa shape index (κ2) is 2.95. The van der Waals surface area contributed by atoms with Gasteiger partial charge in [0.15, 0.2) is 0 Å². The summed E-state index contributed by atoms with van der Waals surface area (Å²) < 4.78 is 41.4. The summed E-state index contributed by atoms with van der Waals surface area (Å²) in [6, 6.07) is 0. The van der Waals surface area contributed by atoms with Crippen LogP contribution in [0.1, 0.15) is 0 Å². The van der Waals surface area contributed by atoms with Crippen LogP contribution < -0.4 is 0 Å². The van der Waals surface area contributed by atoms with Gasteiger partial charge in [-0.1, -0.05) is 0 Å².